The minimum atomic E-state index is -0.405. The molecule has 2 aliphatic heterocycles. The van der Waals surface area contributed by atoms with Gasteiger partial charge in [-0.15, -0.1) is 0 Å². The van der Waals surface area contributed by atoms with Gasteiger partial charge < -0.3 is 19.5 Å². The third-order valence-electron chi connectivity index (χ3n) is 5.61. The molecule has 2 saturated heterocycles. The summed E-state index contributed by atoms with van der Waals surface area (Å²) in [5, 5.41) is 0. The van der Waals surface area contributed by atoms with E-state index in [2.05, 4.69) is 4.98 Å². The third-order valence-corrected chi connectivity index (χ3v) is 5.61. The number of hydrogen-bond acceptors (Lipinski definition) is 4. The van der Waals surface area contributed by atoms with Gasteiger partial charge in [-0.2, -0.15) is 0 Å². The van der Waals surface area contributed by atoms with Crippen LogP contribution in [-0.2, 0) is 9.53 Å². The molecule has 152 valence electrons. The summed E-state index contributed by atoms with van der Waals surface area (Å²) in [5.74, 6) is -0.446. The van der Waals surface area contributed by atoms with E-state index in [1.807, 2.05) is 35.2 Å². The van der Waals surface area contributed by atoms with Crippen molar-refractivity contribution in [2.75, 3.05) is 39.4 Å². The molecule has 29 heavy (non-hydrogen) atoms. The van der Waals surface area contributed by atoms with Crippen molar-refractivity contribution in [3.63, 3.8) is 0 Å². The van der Waals surface area contributed by atoms with E-state index in [1.165, 1.54) is 0 Å². The molecule has 2 fully saturated rings. The number of ether oxygens (including phenoxy) is 1. The van der Waals surface area contributed by atoms with Crippen LogP contribution in [0.25, 0.3) is 11.3 Å². The van der Waals surface area contributed by atoms with Crippen LogP contribution >= 0.6 is 0 Å². The second kappa shape index (κ2) is 8.61. The lowest BCUT2D eigenvalue weighted by molar-refractivity contribution is -0.141. The molecule has 2 aliphatic rings. The van der Waals surface area contributed by atoms with Crippen LogP contribution in [0.5, 0.6) is 0 Å². The fraction of sp³-hybridized carbons (Fsp3) is 0.409. The second-order valence-corrected chi connectivity index (χ2v) is 7.51. The molecule has 0 spiro atoms. The molecule has 1 N–H and O–H groups in total. The zero-order valence-electron chi connectivity index (χ0n) is 16.3. The molecule has 0 saturated carbocycles. The van der Waals surface area contributed by atoms with Gasteiger partial charge in [0.05, 0.1) is 19.1 Å². The Labute approximate surface area is 169 Å². The summed E-state index contributed by atoms with van der Waals surface area (Å²) in [5.41, 5.74) is 1.27. The van der Waals surface area contributed by atoms with Gasteiger partial charge in [0.1, 0.15) is 5.56 Å². The molecule has 1 atom stereocenters. The molecular weight excluding hydrogens is 370 g/mol. The van der Waals surface area contributed by atoms with Crippen molar-refractivity contribution >= 4 is 11.8 Å². The summed E-state index contributed by atoms with van der Waals surface area (Å²) < 4.78 is 5.31. The van der Waals surface area contributed by atoms with Gasteiger partial charge in [-0.25, -0.2) is 0 Å². The Hall–Kier alpha value is -2.93. The van der Waals surface area contributed by atoms with Gasteiger partial charge in [0.25, 0.3) is 11.5 Å². The van der Waals surface area contributed by atoms with E-state index >= 15 is 0 Å². The number of benzene rings is 1. The Balaban J connectivity index is 1.47. The highest BCUT2D eigenvalue weighted by molar-refractivity contribution is 5.94. The fourth-order valence-electron chi connectivity index (χ4n) is 4.00. The number of piperidine rings is 1. The molecule has 0 aliphatic carbocycles. The van der Waals surface area contributed by atoms with Gasteiger partial charge >= 0.3 is 0 Å². The van der Waals surface area contributed by atoms with Crippen molar-refractivity contribution in [2.45, 2.75) is 12.8 Å². The average Bonchev–Trinajstić information content (AvgIpc) is 2.79. The number of likely N-dealkylation sites (tertiary alicyclic amines) is 1. The van der Waals surface area contributed by atoms with E-state index < -0.39 is 5.56 Å². The summed E-state index contributed by atoms with van der Waals surface area (Å²) in [4.78, 5) is 44.6. The number of nitrogens with one attached hydrogen (secondary N) is 1. The Morgan fingerprint density at radius 3 is 2.45 bits per heavy atom. The molecule has 2 aromatic rings. The number of pyridine rings is 1. The Morgan fingerprint density at radius 1 is 0.966 bits per heavy atom. The number of aromatic nitrogens is 1. The Kier molecular flexibility index (Phi) is 5.76. The molecule has 3 heterocycles. The Morgan fingerprint density at radius 2 is 1.72 bits per heavy atom. The topological polar surface area (TPSA) is 82.7 Å². The maximum atomic E-state index is 13.0. The molecule has 7 heteroatoms. The van der Waals surface area contributed by atoms with Gasteiger partial charge in [0.2, 0.25) is 5.91 Å². The minimum absolute atomic E-state index is 0.0825. The predicted molar refractivity (Wildman–Crippen MR) is 109 cm³/mol. The third kappa shape index (κ3) is 4.24. The summed E-state index contributed by atoms with van der Waals surface area (Å²) >= 11 is 0. The standard InChI is InChI=1S/C22H25N3O4/c26-20-18(8-9-19(23-20)16-5-2-1-3-6-16)22(28)25-10-4-7-17(15-25)21(27)24-11-13-29-14-12-24/h1-3,5-6,8-9,17H,4,7,10-15H2,(H,23,26)/t17-/m1/s1. The number of H-pyrrole nitrogens is 1. The van der Waals surface area contributed by atoms with E-state index in [0.717, 1.165) is 18.4 Å². The van der Waals surface area contributed by atoms with Crippen LogP contribution in [0.3, 0.4) is 0 Å². The van der Waals surface area contributed by atoms with Gasteiger partial charge in [0, 0.05) is 31.9 Å². The Bertz CT molecular complexity index is 935. The minimum Gasteiger partial charge on any atom is -0.378 e. The predicted octanol–water partition coefficient (Wildman–Crippen LogP) is 1.75. The number of amides is 2. The number of morpholine rings is 1. The van der Waals surface area contributed by atoms with Crippen LogP contribution in [0.1, 0.15) is 23.2 Å². The molecule has 2 amide bonds. The van der Waals surface area contributed by atoms with Gasteiger partial charge in [-0.1, -0.05) is 30.3 Å². The number of rotatable bonds is 3. The first kappa shape index (κ1) is 19.4. The molecule has 0 unspecified atom stereocenters. The van der Waals surface area contributed by atoms with Crippen LogP contribution in [0.4, 0.5) is 0 Å². The molecular formula is C22H25N3O4. The lowest BCUT2D eigenvalue weighted by atomic mass is 9.95. The first-order valence-electron chi connectivity index (χ1n) is 10.1. The first-order valence-corrected chi connectivity index (χ1v) is 10.1. The number of aromatic amines is 1. The van der Waals surface area contributed by atoms with Crippen molar-refractivity contribution in [2.24, 2.45) is 5.92 Å². The zero-order chi connectivity index (χ0) is 20.2. The summed E-state index contributed by atoms with van der Waals surface area (Å²) in [6.45, 7) is 3.24. The van der Waals surface area contributed by atoms with Crippen LogP contribution in [0, 0.1) is 5.92 Å². The van der Waals surface area contributed by atoms with Crippen LogP contribution in [-0.4, -0.2) is 66.0 Å². The molecule has 4 rings (SSSR count). The maximum absolute atomic E-state index is 13.0. The average molecular weight is 395 g/mol. The lowest BCUT2D eigenvalue weighted by Gasteiger charge is -2.36. The molecule has 0 bridgehead atoms. The van der Waals surface area contributed by atoms with E-state index in [4.69, 9.17) is 4.74 Å². The highest BCUT2D eigenvalue weighted by atomic mass is 16.5. The van der Waals surface area contributed by atoms with Crippen molar-refractivity contribution in [1.29, 1.82) is 0 Å². The second-order valence-electron chi connectivity index (χ2n) is 7.51. The van der Waals surface area contributed by atoms with Crippen molar-refractivity contribution < 1.29 is 14.3 Å². The van der Waals surface area contributed by atoms with Gasteiger partial charge in [-0.05, 0) is 30.5 Å². The largest absolute Gasteiger partial charge is 0.378 e. The summed E-state index contributed by atoms with van der Waals surface area (Å²) in [6, 6.07) is 12.8. The fourth-order valence-corrected chi connectivity index (χ4v) is 4.00. The monoisotopic (exact) mass is 395 g/mol. The van der Waals surface area contributed by atoms with Gasteiger partial charge in [0.15, 0.2) is 0 Å². The number of hydrogen-bond donors (Lipinski definition) is 1. The molecule has 1 aromatic carbocycles. The maximum Gasteiger partial charge on any atom is 0.261 e. The van der Waals surface area contributed by atoms with E-state index in [1.54, 1.807) is 17.0 Å². The van der Waals surface area contributed by atoms with Crippen LogP contribution < -0.4 is 5.56 Å². The number of carbonyl (C=O) groups is 2. The summed E-state index contributed by atoms with van der Waals surface area (Å²) in [6.07, 6.45) is 1.52. The smallest absolute Gasteiger partial charge is 0.261 e. The molecule has 0 radical (unpaired) electrons. The first-order chi connectivity index (χ1) is 14.1. The molecule has 1 aromatic heterocycles. The highest BCUT2D eigenvalue weighted by Crippen LogP contribution is 2.21. The zero-order valence-corrected chi connectivity index (χ0v) is 16.3. The van der Waals surface area contributed by atoms with Crippen molar-refractivity contribution in [1.82, 2.24) is 14.8 Å². The van der Waals surface area contributed by atoms with E-state index in [9.17, 15) is 14.4 Å². The number of nitrogens with zero attached hydrogens (tertiary/aromatic N) is 2. The highest BCUT2D eigenvalue weighted by Gasteiger charge is 2.32. The quantitative estimate of drug-likeness (QED) is 0.858. The SMILES string of the molecule is O=C(c1ccc(-c2ccccc2)[nH]c1=O)N1CCC[C@@H](C(=O)N2CCOCC2)C1. The van der Waals surface area contributed by atoms with Crippen molar-refractivity contribution in [3.8, 4) is 11.3 Å². The molecule has 7 nitrogen and oxygen atoms in total. The van der Waals surface area contributed by atoms with Crippen LogP contribution in [0.15, 0.2) is 47.3 Å². The lowest BCUT2D eigenvalue weighted by Crippen LogP contribution is -2.50. The van der Waals surface area contributed by atoms with Crippen LogP contribution in [0.2, 0.25) is 0 Å². The van der Waals surface area contributed by atoms with E-state index in [0.29, 0.717) is 45.1 Å². The normalized spacial score (nSPS) is 19.8. The van der Waals surface area contributed by atoms with Gasteiger partial charge in [-0.3, -0.25) is 14.4 Å². The van der Waals surface area contributed by atoms with E-state index in [-0.39, 0.29) is 23.3 Å². The number of carbonyl (C=O) groups excluding carboxylic acids is 2. The van der Waals surface area contributed by atoms with Crippen molar-refractivity contribution in [3.05, 3.63) is 58.4 Å². The summed E-state index contributed by atoms with van der Waals surface area (Å²) in [7, 11) is 0.